The molecule has 2 fully saturated rings. The van der Waals surface area contributed by atoms with Crippen LogP contribution in [0.2, 0.25) is 0 Å². The zero-order valence-electron chi connectivity index (χ0n) is 16.9. The molecule has 2 saturated carbocycles. The van der Waals surface area contributed by atoms with Crippen molar-refractivity contribution in [1.29, 1.82) is 0 Å². The van der Waals surface area contributed by atoms with E-state index in [0.29, 0.717) is 30.7 Å². The minimum absolute atomic E-state index is 0.130. The van der Waals surface area contributed by atoms with Crippen LogP contribution in [-0.2, 0) is 22.2 Å². The second-order valence-corrected chi connectivity index (χ2v) is 9.09. The molecule has 0 aliphatic heterocycles. The molecule has 10 heteroatoms. The number of H-pyrrole nitrogens is 1. The number of fused-ring (bicyclic) bond motifs is 3. The van der Waals surface area contributed by atoms with E-state index in [1.165, 1.54) is 4.57 Å². The van der Waals surface area contributed by atoms with Crippen LogP contribution in [0.25, 0.3) is 11.2 Å². The molecule has 2 aliphatic carbocycles. The molecule has 0 spiro atoms. The molecule has 2 aliphatic rings. The average Bonchev–Trinajstić information content (AvgIpc) is 3.20. The summed E-state index contributed by atoms with van der Waals surface area (Å²) in [5.74, 6) is 1.32. The van der Waals surface area contributed by atoms with E-state index >= 15 is 0 Å². The lowest BCUT2D eigenvalue weighted by Crippen LogP contribution is -2.40. The monoisotopic (exact) mass is 424 g/mol. The van der Waals surface area contributed by atoms with Gasteiger partial charge in [-0.25, -0.2) is 9.78 Å². The Hall–Kier alpha value is -1.70. The second-order valence-electron chi connectivity index (χ2n) is 8.33. The van der Waals surface area contributed by atoms with E-state index in [9.17, 15) is 19.0 Å². The summed E-state index contributed by atoms with van der Waals surface area (Å²) in [7, 11) is -2.95. The third-order valence-corrected chi connectivity index (χ3v) is 6.88. The molecule has 3 unspecified atom stereocenters. The van der Waals surface area contributed by atoms with E-state index in [4.69, 9.17) is 9.51 Å². The number of aryl methyl sites for hydroxylation is 1. The normalized spacial score (nSPS) is 27.6. The molecule has 2 aromatic heterocycles. The highest BCUT2D eigenvalue weighted by molar-refractivity contribution is 7.32. The fraction of sp³-hybridized carbons (Fsp3) is 0.737. The molecule has 0 saturated heterocycles. The number of hydrogen-bond donors (Lipinski definition) is 2. The van der Waals surface area contributed by atoms with Crippen LogP contribution in [0, 0.1) is 11.8 Å². The lowest BCUT2D eigenvalue weighted by atomic mass is 9.78. The zero-order valence-corrected chi connectivity index (χ0v) is 17.9. The quantitative estimate of drug-likeness (QED) is 0.659. The Bertz CT molecular complexity index is 1030. The summed E-state index contributed by atoms with van der Waals surface area (Å²) >= 11 is 0. The Morgan fingerprint density at radius 1 is 1.14 bits per heavy atom. The largest absolute Gasteiger partial charge is 0.336 e. The first kappa shape index (κ1) is 20.6. The van der Waals surface area contributed by atoms with E-state index in [2.05, 4.69) is 4.98 Å². The van der Waals surface area contributed by atoms with Crippen LogP contribution in [0.3, 0.4) is 0 Å². The Labute approximate surface area is 169 Å². The number of rotatable bonds is 7. The summed E-state index contributed by atoms with van der Waals surface area (Å²) in [6.45, 7) is 4.83. The molecule has 0 aromatic carbocycles. The molecular formula is C19H29N4O5P. The van der Waals surface area contributed by atoms with Crippen LogP contribution in [0.4, 0.5) is 0 Å². The van der Waals surface area contributed by atoms with E-state index in [1.54, 1.807) is 4.57 Å². The first-order valence-corrected chi connectivity index (χ1v) is 11.8. The van der Waals surface area contributed by atoms with Gasteiger partial charge in [0.05, 0.1) is 6.10 Å². The smallest absolute Gasteiger partial charge is 0.332 e. The van der Waals surface area contributed by atoms with Crippen LogP contribution in [0.1, 0.15) is 64.1 Å². The van der Waals surface area contributed by atoms with E-state index < -0.39 is 8.25 Å². The van der Waals surface area contributed by atoms with Crippen molar-refractivity contribution in [3.63, 3.8) is 0 Å². The van der Waals surface area contributed by atoms with Crippen molar-refractivity contribution >= 4 is 19.4 Å². The summed E-state index contributed by atoms with van der Waals surface area (Å²) in [4.78, 5) is 42.9. The summed E-state index contributed by atoms with van der Waals surface area (Å²) < 4.78 is 19.4. The van der Waals surface area contributed by atoms with E-state index in [-0.39, 0.29) is 35.1 Å². The maximum Gasteiger partial charge on any atom is 0.332 e. The minimum Gasteiger partial charge on any atom is -0.336 e. The number of nitrogens with one attached hydrogen (secondary N) is 1. The lowest BCUT2D eigenvalue weighted by Gasteiger charge is -2.33. The maximum absolute atomic E-state index is 12.9. The molecule has 160 valence electrons. The van der Waals surface area contributed by atoms with Crippen LogP contribution < -0.4 is 11.2 Å². The Kier molecular flexibility index (Phi) is 5.82. The van der Waals surface area contributed by atoms with E-state index in [0.717, 1.165) is 37.9 Å². The van der Waals surface area contributed by atoms with Gasteiger partial charge in [-0.3, -0.25) is 18.5 Å². The van der Waals surface area contributed by atoms with Crippen molar-refractivity contribution in [3.05, 3.63) is 26.7 Å². The first-order valence-electron chi connectivity index (χ1n) is 10.6. The minimum atomic E-state index is -2.95. The van der Waals surface area contributed by atoms with Crippen molar-refractivity contribution in [1.82, 2.24) is 19.1 Å². The van der Waals surface area contributed by atoms with Gasteiger partial charge in [-0.1, -0.05) is 13.8 Å². The van der Waals surface area contributed by atoms with Gasteiger partial charge in [-0.2, -0.15) is 0 Å². The van der Waals surface area contributed by atoms with Crippen LogP contribution in [0.5, 0.6) is 0 Å². The van der Waals surface area contributed by atoms with Gasteiger partial charge in [0.15, 0.2) is 5.65 Å². The van der Waals surface area contributed by atoms with Crippen LogP contribution in [0.15, 0.2) is 9.59 Å². The van der Waals surface area contributed by atoms with Gasteiger partial charge in [-0.05, 0) is 50.4 Å². The molecule has 2 aromatic rings. The molecule has 2 N–H and O–H groups in total. The SMILES string of the molecule is CCCn1c(=O)c2[nH]c(C3CC4CCC(C3)C4O[PH](=O)O)nc2n(CCC)c1=O. The molecule has 9 nitrogen and oxygen atoms in total. The van der Waals surface area contributed by atoms with Gasteiger partial charge in [0.1, 0.15) is 11.3 Å². The Morgan fingerprint density at radius 3 is 2.34 bits per heavy atom. The van der Waals surface area contributed by atoms with Gasteiger partial charge in [0.25, 0.3) is 5.56 Å². The van der Waals surface area contributed by atoms with Crippen molar-refractivity contribution in [2.45, 2.75) is 77.5 Å². The molecule has 29 heavy (non-hydrogen) atoms. The Balaban J connectivity index is 1.72. The number of imidazole rings is 1. The van der Waals surface area contributed by atoms with Crippen molar-refractivity contribution < 1.29 is 14.0 Å². The van der Waals surface area contributed by atoms with Crippen molar-refractivity contribution in [2.75, 3.05) is 0 Å². The van der Waals surface area contributed by atoms with Gasteiger partial charge in [0, 0.05) is 19.0 Å². The second kappa shape index (κ2) is 8.20. The lowest BCUT2D eigenvalue weighted by molar-refractivity contribution is 0.0698. The highest BCUT2D eigenvalue weighted by Gasteiger charge is 2.45. The summed E-state index contributed by atoms with van der Waals surface area (Å²) in [5.41, 5.74) is 0.231. The third kappa shape index (κ3) is 3.64. The van der Waals surface area contributed by atoms with Gasteiger partial charge in [0.2, 0.25) is 0 Å². The van der Waals surface area contributed by atoms with Gasteiger partial charge in [-0.15, -0.1) is 0 Å². The standard InChI is InChI=1S/C19H29N4O5P/c1-3-7-22-17-14(18(24)23(8-4-2)19(22)25)20-16(21-17)13-9-11-5-6-12(10-13)15(11)28-29(26)27/h11-13,15,29H,3-10H2,1-2H3,(H,20,21)(H,26,27). The molecule has 0 radical (unpaired) electrons. The van der Waals surface area contributed by atoms with Crippen LogP contribution in [-0.4, -0.2) is 30.1 Å². The highest BCUT2D eigenvalue weighted by atomic mass is 31.1. The van der Waals surface area contributed by atoms with Crippen LogP contribution >= 0.6 is 8.25 Å². The maximum atomic E-state index is 12.9. The predicted molar refractivity (Wildman–Crippen MR) is 109 cm³/mol. The molecular weight excluding hydrogens is 395 g/mol. The fourth-order valence-corrected chi connectivity index (χ4v) is 5.85. The summed E-state index contributed by atoms with van der Waals surface area (Å²) in [6, 6.07) is 0. The Morgan fingerprint density at radius 2 is 1.76 bits per heavy atom. The zero-order chi connectivity index (χ0) is 20.7. The number of aromatic nitrogens is 4. The molecule has 3 atom stereocenters. The molecule has 2 bridgehead atoms. The van der Waals surface area contributed by atoms with Gasteiger partial charge < -0.3 is 14.4 Å². The average molecular weight is 424 g/mol. The number of aromatic amines is 1. The third-order valence-electron chi connectivity index (χ3n) is 6.41. The molecule has 4 rings (SSSR count). The van der Waals surface area contributed by atoms with Crippen molar-refractivity contribution in [2.24, 2.45) is 11.8 Å². The first-order chi connectivity index (χ1) is 13.9. The summed E-state index contributed by atoms with van der Waals surface area (Å²) in [5, 5.41) is 0. The van der Waals surface area contributed by atoms with Gasteiger partial charge >= 0.3 is 13.9 Å². The van der Waals surface area contributed by atoms with Crippen molar-refractivity contribution in [3.8, 4) is 0 Å². The fourth-order valence-electron chi connectivity index (χ4n) is 5.23. The molecule has 0 amide bonds. The summed E-state index contributed by atoms with van der Waals surface area (Å²) in [6.07, 6.45) is 4.88. The highest BCUT2D eigenvalue weighted by Crippen LogP contribution is 2.51. The topological polar surface area (TPSA) is 119 Å². The van der Waals surface area contributed by atoms with E-state index in [1.807, 2.05) is 13.8 Å². The number of nitrogens with zero attached hydrogens (tertiary/aromatic N) is 3. The molecule has 2 heterocycles. The predicted octanol–water partition coefficient (Wildman–Crippen LogP) is 2.38. The number of hydrogen-bond acceptors (Lipinski definition) is 5.